The van der Waals surface area contributed by atoms with Crippen molar-refractivity contribution in [2.24, 2.45) is 0 Å². The first-order chi connectivity index (χ1) is 11.8. The van der Waals surface area contributed by atoms with E-state index in [1.165, 1.54) is 11.1 Å². The van der Waals surface area contributed by atoms with Crippen LogP contribution in [0.2, 0.25) is 0 Å². The largest absolute Gasteiger partial charge is 0.394 e. The zero-order valence-electron chi connectivity index (χ0n) is 13.8. The summed E-state index contributed by atoms with van der Waals surface area (Å²) in [4.78, 5) is 6.75. The van der Waals surface area contributed by atoms with Gasteiger partial charge in [0.05, 0.1) is 11.4 Å². The molecular formula is C20H22N4. The lowest BCUT2D eigenvalue weighted by molar-refractivity contribution is 0.785. The van der Waals surface area contributed by atoms with Crippen LogP contribution in [0, 0.1) is 0 Å². The van der Waals surface area contributed by atoms with Crippen molar-refractivity contribution in [2.75, 3.05) is 23.0 Å². The number of nitrogen functional groups attached to an aromatic ring is 1. The van der Waals surface area contributed by atoms with E-state index in [1.807, 2.05) is 25.2 Å². The molecule has 4 nitrogen and oxygen atoms in total. The highest BCUT2D eigenvalue weighted by atomic mass is 15.2. The lowest BCUT2D eigenvalue weighted by Gasteiger charge is -2.26. The van der Waals surface area contributed by atoms with Crippen molar-refractivity contribution in [1.82, 2.24) is 4.98 Å². The number of pyridine rings is 1. The normalized spacial score (nSPS) is 10.4. The van der Waals surface area contributed by atoms with Gasteiger partial charge in [-0.25, -0.2) is 4.98 Å². The fourth-order valence-electron chi connectivity index (χ4n) is 2.75. The van der Waals surface area contributed by atoms with Crippen LogP contribution in [-0.4, -0.2) is 12.0 Å². The molecule has 0 aliphatic carbocycles. The number of nitrogens with one attached hydrogen (secondary N) is 1. The maximum atomic E-state index is 6.34. The Morgan fingerprint density at radius 3 is 1.92 bits per heavy atom. The van der Waals surface area contributed by atoms with Crippen molar-refractivity contribution in [3.8, 4) is 0 Å². The number of nitrogens with two attached hydrogens (primary N) is 1. The summed E-state index contributed by atoms with van der Waals surface area (Å²) in [5.74, 6) is 0.801. The quantitative estimate of drug-likeness (QED) is 0.723. The molecule has 3 aromatic rings. The Balaban J connectivity index is 1.95. The van der Waals surface area contributed by atoms with Crippen LogP contribution in [-0.2, 0) is 13.1 Å². The SMILES string of the molecule is CNc1ccnc(N(Cc2ccccc2)Cc2ccccc2)c1N. The van der Waals surface area contributed by atoms with Crippen molar-refractivity contribution in [3.05, 3.63) is 84.1 Å². The van der Waals surface area contributed by atoms with Gasteiger partial charge in [-0.05, 0) is 17.2 Å². The molecule has 3 N–H and O–H groups in total. The van der Waals surface area contributed by atoms with Gasteiger partial charge in [-0.15, -0.1) is 0 Å². The molecule has 0 fully saturated rings. The maximum Gasteiger partial charge on any atom is 0.154 e. The first-order valence-corrected chi connectivity index (χ1v) is 8.03. The van der Waals surface area contributed by atoms with Crippen LogP contribution < -0.4 is 16.0 Å². The second-order valence-corrected chi connectivity index (χ2v) is 5.67. The molecule has 0 radical (unpaired) electrons. The number of nitrogens with zero attached hydrogens (tertiary/aromatic N) is 2. The number of benzene rings is 2. The van der Waals surface area contributed by atoms with Crippen molar-refractivity contribution in [2.45, 2.75) is 13.1 Å². The summed E-state index contributed by atoms with van der Waals surface area (Å²) >= 11 is 0. The Morgan fingerprint density at radius 2 is 1.42 bits per heavy atom. The Morgan fingerprint density at radius 1 is 0.875 bits per heavy atom. The smallest absolute Gasteiger partial charge is 0.154 e. The van der Waals surface area contributed by atoms with E-state index in [0.29, 0.717) is 5.69 Å². The summed E-state index contributed by atoms with van der Waals surface area (Å²) in [6, 6.07) is 22.6. The maximum absolute atomic E-state index is 6.34. The highest BCUT2D eigenvalue weighted by Crippen LogP contribution is 2.29. The van der Waals surface area contributed by atoms with Crippen LogP contribution in [0.5, 0.6) is 0 Å². The molecular weight excluding hydrogens is 296 g/mol. The second kappa shape index (κ2) is 7.51. The van der Waals surface area contributed by atoms with Crippen LogP contribution in [0.4, 0.5) is 17.2 Å². The lowest BCUT2D eigenvalue weighted by atomic mass is 10.1. The summed E-state index contributed by atoms with van der Waals surface area (Å²) in [5, 5.41) is 3.13. The minimum Gasteiger partial charge on any atom is -0.394 e. The van der Waals surface area contributed by atoms with Crippen molar-refractivity contribution in [1.29, 1.82) is 0 Å². The van der Waals surface area contributed by atoms with Gasteiger partial charge in [0.25, 0.3) is 0 Å². The van der Waals surface area contributed by atoms with Crippen LogP contribution >= 0.6 is 0 Å². The lowest BCUT2D eigenvalue weighted by Crippen LogP contribution is -2.24. The molecule has 0 aliphatic heterocycles. The van der Waals surface area contributed by atoms with Gasteiger partial charge in [0.2, 0.25) is 0 Å². The van der Waals surface area contributed by atoms with Gasteiger partial charge < -0.3 is 16.0 Å². The average molecular weight is 318 g/mol. The molecule has 0 amide bonds. The molecule has 0 atom stereocenters. The number of hydrogen-bond donors (Lipinski definition) is 2. The third-order valence-corrected chi connectivity index (χ3v) is 3.97. The van der Waals surface area contributed by atoms with Crippen molar-refractivity contribution < 1.29 is 0 Å². The second-order valence-electron chi connectivity index (χ2n) is 5.67. The predicted molar refractivity (Wildman–Crippen MR) is 101 cm³/mol. The van der Waals surface area contributed by atoms with E-state index < -0.39 is 0 Å². The third kappa shape index (κ3) is 3.66. The summed E-state index contributed by atoms with van der Waals surface area (Å²) in [6.07, 6.45) is 1.79. The van der Waals surface area contributed by atoms with E-state index in [1.54, 1.807) is 6.20 Å². The first kappa shape index (κ1) is 15.9. The molecule has 0 unspecified atom stereocenters. The minimum absolute atomic E-state index is 0.673. The Labute approximate surface area is 143 Å². The molecule has 0 saturated carbocycles. The molecule has 0 spiro atoms. The molecule has 3 rings (SSSR count). The van der Waals surface area contributed by atoms with Gasteiger partial charge in [-0.2, -0.15) is 0 Å². The van der Waals surface area contributed by atoms with Crippen molar-refractivity contribution >= 4 is 17.2 Å². The highest BCUT2D eigenvalue weighted by molar-refractivity contribution is 5.77. The zero-order valence-corrected chi connectivity index (χ0v) is 13.8. The molecule has 2 aromatic carbocycles. The Kier molecular flexibility index (Phi) is 4.96. The molecule has 1 aromatic heterocycles. The summed E-state index contributed by atoms with van der Waals surface area (Å²) in [7, 11) is 1.87. The monoisotopic (exact) mass is 318 g/mol. The third-order valence-electron chi connectivity index (χ3n) is 3.97. The molecule has 0 saturated heterocycles. The van der Waals surface area contributed by atoms with Gasteiger partial charge >= 0.3 is 0 Å². The number of anilines is 3. The van der Waals surface area contributed by atoms with E-state index in [0.717, 1.165) is 24.6 Å². The molecule has 0 bridgehead atoms. The van der Waals surface area contributed by atoms with Crippen LogP contribution in [0.25, 0.3) is 0 Å². The van der Waals surface area contributed by atoms with E-state index in [2.05, 4.69) is 63.7 Å². The standard InChI is InChI=1S/C20H22N4/c1-22-18-12-13-23-20(19(18)21)24(14-16-8-4-2-5-9-16)15-17-10-6-3-7-11-17/h2-13H,14-15,21H2,1H3,(H,22,23). The predicted octanol–water partition coefficient (Wildman–Crippen LogP) is 3.91. The van der Waals surface area contributed by atoms with Gasteiger partial charge in [0.15, 0.2) is 5.82 Å². The fraction of sp³-hybridized carbons (Fsp3) is 0.150. The first-order valence-electron chi connectivity index (χ1n) is 8.03. The molecule has 0 aliphatic rings. The highest BCUT2D eigenvalue weighted by Gasteiger charge is 2.15. The van der Waals surface area contributed by atoms with Gasteiger partial charge in [0.1, 0.15) is 0 Å². The molecule has 122 valence electrons. The average Bonchev–Trinajstić information content (AvgIpc) is 2.63. The van der Waals surface area contributed by atoms with Gasteiger partial charge in [0, 0.05) is 26.3 Å². The van der Waals surface area contributed by atoms with E-state index in [4.69, 9.17) is 5.73 Å². The minimum atomic E-state index is 0.673. The molecule has 24 heavy (non-hydrogen) atoms. The summed E-state index contributed by atoms with van der Waals surface area (Å²) in [6.45, 7) is 1.50. The van der Waals surface area contributed by atoms with Crippen LogP contribution in [0.15, 0.2) is 72.9 Å². The summed E-state index contributed by atoms with van der Waals surface area (Å²) < 4.78 is 0. The fourth-order valence-corrected chi connectivity index (χ4v) is 2.75. The van der Waals surface area contributed by atoms with Crippen molar-refractivity contribution in [3.63, 3.8) is 0 Å². The van der Waals surface area contributed by atoms with E-state index in [-0.39, 0.29) is 0 Å². The molecule has 4 heteroatoms. The number of hydrogen-bond acceptors (Lipinski definition) is 4. The number of aromatic nitrogens is 1. The Hall–Kier alpha value is -3.01. The van der Waals surface area contributed by atoms with Crippen LogP contribution in [0.3, 0.4) is 0 Å². The summed E-state index contributed by atoms with van der Waals surface area (Å²) in [5.41, 5.74) is 10.4. The van der Waals surface area contributed by atoms with E-state index >= 15 is 0 Å². The Bertz CT molecular complexity index is 731. The number of rotatable bonds is 6. The van der Waals surface area contributed by atoms with Gasteiger partial charge in [-0.3, -0.25) is 0 Å². The van der Waals surface area contributed by atoms with E-state index in [9.17, 15) is 0 Å². The topological polar surface area (TPSA) is 54.2 Å². The zero-order chi connectivity index (χ0) is 16.8. The van der Waals surface area contributed by atoms with Crippen LogP contribution in [0.1, 0.15) is 11.1 Å². The molecule has 1 heterocycles. The van der Waals surface area contributed by atoms with Gasteiger partial charge in [-0.1, -0.05) is 60.7 Å².